The number of allylic oxidation sites excluding steroid dienone is 2. The summed E-state index contributed by atoms with van der Waals surface area (Å²) in [6, 6.07) is 17.1. The van der Waals surface area contributed by atoms with Crippen molar-refractivity contribution in [2.75, 3.05) is 0 Å². The molecule has 0 radical (unpaired) electrons. The second-order valence-corrected chi connectivity index (χ2v) is 6.72. The minimum Gasteiger partial charge on any atom is -0.207 e. The average molecular weight is 326 g/mol. The van der Waals surface area contributed by atoms with Crippen LogP contribution in [0.3, 0.4) is 0 Å². The Morgan fingerprint density at radius 2 is 1.46 bits per heavy atom. The minimum atomic E-state index is -2.45. The van der Waals surface area contributed by atoms with Crippen molar-refractivity contribution >= 4 is 0 Å². The van der Waals surface area contributed by atoms with Gasteiger partial charge in [-0.25, -0.2) is 8.78 Å². The highest BCUT2D eigenvalue weighted by atomic mass is 19.3. The van der Waals surface area contributed by atoms with E-state index in [4.69, 9.17) is 0 Å². The zero-order valence-electron chi connectivity index (χ0n) is 14.1. The monoisotopic (exact) mass is 326 g/mol. The fourth-order valence-corrected chi connectivity index (χ4v) is 3.41. The Balaban J connectivity index is 1.68. The van der Waals surface area contributed by atoms with Gasteiger partial charge in [-0.3, -0.25) is 0 Å². The summed E-state index contributed by atoms with van der Waals surface area (Å²) in [5, 5.41) is 0. The molecule has 126 valence electrons. The molecule has 0 unspecified atom stereocenters. The molecule has 2 aromatic rings. The first-order chi connectivity index (χ1) is 11.6. The largest absolute Gasteiger partial charge is 0.248 e. The Hall–Kier alpha value is -1.96. The molecule has 3 rings (SSSR count). The van der Waals surface area contributed by atoms with Gasteiger partial charge in [-0.2, -0.15) is 0 Å². The van der Waals surface area contributed by atoms with E-state index in [-0.39, 0.29) is 18.8 Å². The molecule has 0 heterocycles. The Labute approximate surface area is 143 Å². The molecule has 2 heteroatoms. The Bertz CT molecular complexity index is 671. The molecule has 0 amide bonds. The lowest BCUT2D eigenvalue weighted by Crippen LogP contribution is -2.23. The number of hydrogen-bond donors (Lipinski definition) is 0. The zero-order chi connectivity index (χ0) is 17.0. The van der Waals surface area contributed by atoms with Crippen molar-refractivity contribution in [1.29, 1.82) is 0 Å². The predicted octanol–water partition coefficient (Wildman–Crippen LogP) is 6.77. The first kappa shape index (κ1) is 16.9. The molecule has 1 fully saturated rings. The normalized spacial score (nSPS) is 18.1. The second kappa shape index (κ2) is 7.29. The number of benzene rings is 2. The van der Waals surface area contributed by atoms with Crippen molar-refractivity contribution in [3.8, 4) is 11.1 Å². The van der Waals surface area contributed by atoms with E-state index in [2.05, 4.69) is 60.7 Å². The van der Waals surface area contributed by atoms with Crippen LogP contribution in [0.1, 0.15) is 49.7 Å². The van der Waals surface area contributed by atoms with Crippen molar-refractivity contribution in [2.45, 2.75) is 50.9 Å². The Morgan fingerprint density at radius 3 is 2.00 bits per heavy atom. The average Bonchev–Trinajstić information content (AvgIpc) is 2.61. The SMILES string of the molecule is CC=CCc1ccc(-c2ccc(C3CCC(F)(F)CC3)cc2)cc1. The van der Waals surface area contributed by atoms with E-state index in [0.29, 0.717) is 12.8 Å². The number of rotatable bonds is 4. The van der Waals surface area contributed by atoms with Crippen molar-refractivity contribution in [2.24, 2.45) is 0 Å². The van der Waals surface area contributed by atoms with Gasteiger partial charge in [-0.1, -0.05) is 60.7 Å². The third-order valence-electron chi connectivity index (χ3n) is 4.98. The number of alkyl halides is 2. The van der Waals surface area contributed by atoms with Gasteiger partial charge in [-0.15, -0.1) is 0 Å². The predicted molar refractivity (Wildman–Crippen MR) is 96.6 cm³/mol. The summed E-state index contributed by atoms with van der Waals surface area (Å²) in [4.78, 5) is 0. The molecule has 0 atom stereocenters. The molecule has 0 nitrogen and oxygen atoms in total. The van der Waals surface area contributed by atoms with E-state index < -0.39 is 5.92 Å². The molecule has 1 aliphatic rings. The van der Waals surface area contributed by atoms with E-state index in [0.717, 1.165) is 6.42 Å². The van der Waals surface area contributed by atoms with E-state index in [1.807, 2.05) is 6.92 Å². The van der Waals surface area contributed by atoms with E-state index in [1.165, 1.54) is 22.3 Å². The van der Waals surface area contributed by atoms with Gasteiger partial charge in [0.15, 0.2) is 0 Å². The van der Waals surface area contributed by atoms with Crippen LogP contribution in [0.4, 0.5) is 8.78 Å². The lowest BCUT2D eigenvalue weighted by Gasteiger charge is -2.28. The maximum absolute atomic E-state index is 13.3. The Kier molecular flexibility index (Phi) is 5.13. The van der Waals surface area contributed by atoms with Gasteiger partial charge in [0, 0.05) is 12.8 Å². The van der Waals surface area contributed by atoms with Crippen LogP contribution in [0.25, 0.3) is 11.1 Å². The zero-order valence-corrected chi connectivity index (χ0v) is 14.1. The summed E-state index contributed by atoms with van der Waals surface area (Å²) in [5.41, 5.74) is 4.87. The van der Waals surface area contributed by atoms with Gasteiger partial charge in [-0.05, 0) is 54.4 Å². The first-order valence-electron chi connectivity index (χ1n) is 8.76. The third kappa shape index (κ3) is 4.11. The summed E-state index contributed by atoms with van der Waals surface area (Å²) >= 11 is 0. The molecular weight excluding hydrogens is 302 g/mol. The summed E-state index contributed by atoms with van der Waals surface area (Å²) in [7, 11) is 0. The topological polar surface area (TPSA) is 0 Å². The third-order valence-corrected chi connectivity index (χ3v) is 4.98. The number of hydrogen-bond acceptors (Lipinski definition) is 0. The molecule has 0 aromatic heterocycles. The van der Waals surface area contributed by atoms with Gasteiger partial charge in [0.1, 0.15) is 0 Å². The van der Waals surface area contributed by atoms with E-state index in [9.17, 15) is 8.78 Å². The van der Waals surface area contributed by atoms with Crippen LogP contribution in [0, 0.1) is 0 Å². The molecule has 0 bridgehead atoms. The number of halogens is 2. The molecular formula is C22H24F2. The fraction of sp³-hybridized carbons (Fsp3) is 0.364. The van der Waals surface area contributed by atoms with Crippen molar-refractivity contribution in [1.82, 2.24) is 0 Å². The van der Waals surface area contributed by atoms with E-state index >= 15 is 0 Å². The van der Waals surface area contributed by atoms with Gasteiger partial charge in [0.05, 0.1) is 0 Å². The lowest BCUT2D eigenvalue weighted by molar-refractivity contribution is -0.0382. The molecule has 0 saturated heterocycles. The fourth-order valence-electron chi connectivity index (χ4n) is 3.41. The standard InChI is InChI=1S/C22H24F2/c1-2-3-4-17-5-7-18(8-6-17)19-9-11-20(12-10-19)21-13-15-22(23,24)16-14-21/h2-3,5-12,21H,4,13-16H2,1H3. The van der Waals surface area contributed by atoms with Crippen molar-refractivity contribution in [3.05, 3.63) is 71.8 Å². The summed E-state index contributed by atoms with van der Waals surface area (Å²) in [6.45, 7) is 2.03. The van der Waals surface area contributed by atoms with Crippen molar-refractivity contribution < 1.29 is 8.78 Å². The lowest BCUT2D eigenvalue weighted by atomic mass is 9.82. The van der Waals surface area contributed by atoms with Crippen LogP contribution in [0.2, 0.25) is 0 Å². The molecule has 1 aliphatic carbocycles. The molecule has 0 spiro atoms. The smallest absolute Gasteiger partial charge is 0.207 e. The van der Waals surface area contributed by atoms with Crippen LogP contribution in [0.5, 0.6) is 0 Å². The highest BCUT2D eigenvalue weighted by molar-refractivity contribution is 5.64. The molecule has 0 N–H and O–H groups in total. The highest BCUT2D eigenvalue weighted by Gasteiger charge is 2.35. The molecule has 24 heavy (non-hydrogen) atoms. The van der Waals surface area contributed by atoms with Gasteiger partial charge in [0.2, 0.25) is 5.92 Å². The summed E-state index contributed by atoms with van der Waals surface area (Å²) < 4.78 is 26.6. The van der Waals surface area contributed by atoms with Gasteiger partial charge in [0.25, 0.3) is 0 Å². The molecule has 1 saturated carbocycles. The van der Waals surface area contributed by atoms with Crippen LogP contribution in [0.15, 0.2) is 60.7 Å². The summed E-state index contributed by atoms with van der Waals surface area (Å²) in [5.74, 6) is -2.17. The van der Waals surface area contributed by atoms with Gasteiger partial charge < -0.3 is 0 Å². The maximum Gasteiger partial charge on any atom is 0.248 e. The highest BCUT2D eigenvalue weighted by Crippen LogP contribution is 2.41. The van der Waals surface area contributed by atoms with Crippen LogP contribution in [-0.2, 0) is 6.42 Å². The van der Waals surface area contributed by atoms with Crippen LogP contribution >= 0.6 is 0 Å². The van der Waals surface area contributed by atoms with Crippen molar-refractivity contribution in [3.63, 3.8) is 0 Å². The first-order valence-corrected chi connectivity index (χ1v) is 8.76. The minimum absolute atomic E-state index is 0.0209. The summed E-state index contributed by atoms with van der Waals surface area (Å²) in [6.07, 6.45) is 6.39. The van der Waals surface area contributed by atoms with Crippen LogP contribution < -0.4 is 0 Å². The van der Waals surface area contributed by atoms with Gasteiger partial charge >= 0.3 is 0 Å². The van der Waals surface area contributed by atoms with E-state index in [1.54, 1.807) is 0 Å². The molecule has 0 aliphatic heterocycles. The quantitative estimate of drug-likeness (QED) is 0.544. The Morgan fingerprint density at radius 1 is 0.917 bits per heavy atom. The second-order valence-electron chi connectivity index (χ2n) is 6.72. The maximum atomic E-state index is 13.3. The van der Waals surface area contributed by atoms with Crippen LogP contribution in [-0.4, -0.2) is 5.92 Å². The molecule has 2 aromatic carbocycles.